The van der Waals surface area contributed by atoms with E-state index in [-0.39, 0.29) is 5.56 Å². The molecule has 5 heteroatoms. The summed E-state index contributed by atoms with van der Waals surface area (Å²) < 4.78 is 1.59. The number of piperidine rings is 1. The van der Waals surface area contributed by atoms with Crippen LogP contribution in [0.5, 0.6) is 0 Å². The Morgan fingerprint density at radius 3 is 2.82 bits per heavy atom. The molecule has 0 saturated carbocycles. The van der Waals surface area contributed by atoms with Crippen LogP contribution in [0.25, 0.3) is 11.0 Å². The number of fused-ring (bicyclic) bond motifs is 1. The van der Waals surface area contributed by atoms with Gasteiger partial charge in [-0.3, -0.25) is 4.79 Å². The summed E-state index contributed by atoms with van der Waals surface area (Å²) in [6.07, 6.45) is 2.31. The Morgan fingerprint density at radius 2 is 2.09 bits per heavy atom. The molecule has 0 bridgehead atoms. The van der Waals surface area contributed by atoms with Gasteiger partial charge in [0.05, 0.1) is 11.2 Å². The lowest BCUT2D eigenvalue weighted by Gasteiger charge is -2.38. The van der Waals surface area contributed by atoms with Gasteiger partial charge in [0, 0.05) is 25.7 Å². The molecule has 1 aliphatic heterocycles. The molecule has 0 spiro atoms. The predicted molar refractivity (Wildman–Crippen MR) is 86.9 cm³/mol. The Kier molecular flexibility index (Phi) is 3.61. The molecule has 2 atom stereocenters. The predicted octanol–water partition coefficient (Wildman–Crippen LogP) is 2.43. The molecule has 0 radical (unpaired) electrons. The third kappa shape index (κ3) is 2.35. The average Bonchev–Trinajstić information content (AvgIpc) is 2.53. The van der Waals surface area contributed by atoms with E-state index in [0.717, 1.165) is 29.7 Å². The van der Waals surface area contributed by atoms with Crippen molar-refractivity contribution in [1.82, 2.24) is 9.55 Å². The van der Waals surface area contributed by atoms with Crippen LogP contribution in [-0.4, -0.2) is 22.1 Å². The topological polar surface area (TPSA) is 61.9 Å². The third-order valence-corrected chi connectivity index (χ3v) is 4.61. The molecule has 3 rings (SSSR count). The van der Waals surface area contributed by atoms with Gasteiger partial charge in [0.25, 0.3) is 5.56 Å². The number of hydrogen-bond acceptors (Lipinski definition) is 4. The van der Waals surface area contributed by atoms with E-state index in [9.17, 15) is 4.79 Å². The van der Waals surface area contributed by atoms with E-state index in [1.807, 2.05) is 6.07 Å². The van der Waals surface area contributed by atoms with Gasteiger partial charge >= 0.3 is 0 Å². The normalized spacial score (nSPS) is 21.8. The molecular formula is C17H20N4O. The number of nitriles is 1. The fraction of sp³-hybridized carbons (Fsp3) is 0.471. The number of anilines is 1. The Morgan fingerprint density at radius 1 is 1.32 bits per heavy atom. The van der Waals surface area contributed by atoms with E-state index >= 15 is 0 Å². The summed E-state index contributed by atoms with van der Waals surface area (Å²) in [5, 5.41) is 9.12. The van der Waals surface area contributed by atoms with Crippen molar-refractivity contribution in [2.24, 2.45) is 13.0 Å². The molecule has 3 heterocycles. The van der Waals surface area contributed by atoms with E-state index in [4.69, 9.17) is 5.26 Å². The smallest absolute Gasteiger partial charge is 0.252 e. The van der Waals surface area contributed by atoms with Crippen molar-refractivity contribution in [3.05, 3.63) is 34.2 Å². The first-order valence-electron chi connectivity index (χ1n) is 7.68. The van der Waals surface area contributed by atoms with Crippen molar-refractivity contribution < 1.29 is 0 Å². The fourth-order valence-electron chi connectivity index (χ4n) is 3.22. The molecule has 0 aliphatic carbocycles. The van der Waals surface area contributed by atoms with Gasteiger partial charge in [0.15, 0.2) is 0 Å². The molecule has 1 saturated heterocycles. The molecule has 0 N–H and O–H groups in total. The Hall–Kier alpha value is -2.35. The maximum absolute atomic E-state index is 12.3. The van der Waals surface area contributed by atoms with Crippen molar-refractivity contribution in [3.8, 4) is 6.07 Å². The van der Waals surface area contributed by atoms with Crippen LogP contribution in [0.1, 0.15) is 32.4 Å². The van der Waals surface area contributed by atoms with Crippen LogP contribution in [0.2, 0.25) is 0 Å². The van der Waals surface area contributed by atoms with E-state index < -0.39 is 0 Å². The van der Waals surface area contributed by atoms with Crippen LogP contribution in [0, 0.1) is 17.2 Å². The molecule has 114 valence electrons. The van der Waals surface area contributed by atoms with Crippen LogP contribution in [0.4, 0.5) is 5.69 Å². The first kappa shape index (κ1) is 14.6. The summed E-state index contributed by atoms with van der Waals surface area (Å²) in [7, 11) is 1.74. The molecule has 2 aromatic rings. The Balaban J connectivity index is 2.26. The van der Waals surface area contributed by atoms with Crippen LogP contribution < -0.4 is 10.5 Å². The maximum atomic E-state index is 12.3. The highest BCUT2D eigenvalue weighted by Crippen LogP contribution is 2.31. The second-order valence-corrected chi connectivity index (χ2v) is 6.29. The van der Waals surface area contributed by atoms with E-state index in [1.165, 1.54) is 6.42 Å². The number of aromatic nitrogens is 2. The number of hydrogen-bond donors (Lipinski definition) is 0. The van der Waals surface area contributed by atoms with Gasteiger partial charge in [-0.15, -0.1) is 0 Å². The third-order valence-electron chi connectivity index (χ3n) is 4.61. The molecule has 0 unspecified atom stereocenters. The van der Waals surface area contributed by atoms with Gasteiger partial charge in [0.1, 0.15) is 17.3 Å². The molecule has 0 aromatic carbocycles. The summed E-state index contributed by atoms with van der Waals surface area (Å²) >= 11 is 0. The zero-order valence-corrected chi connectivity index (χ0v) is 13.2. The van der Waals surface area contributed by atoms with E-state index in [2.05, 4.69) is 29.8 Å². The standard InChI is InChI=1S/C17H20N4O/c1-11-4-5-12(2)21(10-11)15-8-16(22)20(3)14-7-6-13(9-18)19-17(14)15/h6-8,11-12H,4-5,10H2,1-3H3/t11-,12-/m0/s1. The summed E-state index contributed by atoms with van der Waals surface area (Å²) in [6.45, 7) is 5.33. The number of aryl methyl sites for hydroxylation is 1. The lowest BCUT2D eigenvalue weighted by molar-refractivity contribution is 0.391. The molecule has 5 nitrogen and oxygen atoms in total. The van der Waals surface area contributed by atoms with Gasteiger partial charge in [0.2, 0.25) is 0 Å². The maximum Gasteiger partial charge on any atom is 0.252 e. The summed E-state index contributed by atoms with van der Waals surface area (Å²) in [4.78, 5) is 19.0. The highest BCUT2D eigenvalue weighted by atomic mass is 16.1. The first-order chi connectivity index (χ1) is 10.5. The number of pyridine rings is 2. The second-order valence-electron chi connectivity index (χ2n) is 6.29. The number of rotatable bonds is 1. The molecule has 0 amide bonds. The minimum atomic E-state index is -0.0422. The highest BCUT2D eigenvalue weighted by Gasteiger charge is 2.25. The second kappa shape index (κ2) is 5.45. The molecular weight excluding hydrogens is 276 g/mol. The van der Waals surface area contributed by atoms with Crippen LogP contribution in [0.15, 0.2) is 23.0 Å². The zero-order chi connectivity index (χ0) is 15.9. The van der Waals surface area contributed by atoms with Crippen LogP contribution in [-0.2, 0) is 7.05 Å². The monoisotopic (exact) mass is 296 g/mol. The largest absolute Gasteiger partial charge is 0.367 e. The zero-order valence-electron chi connectivity index (χ0n) is 13.2. The quantitative estimate of drug-likeness (QED) is 0.811. The van der Waals surface area contributed by atoms with Gasteiger partial charge in [-0.05, 0) is 37.8 Å². The van der Waals surface area contributed by atoms with Crippen molar-refractivity contribution >= 4 is 16.7 Å². The summed E-state index contributed by atoms with van der Waals surface area (Å²) in [6, 6.07) is 7.59. The van der Waals surface area contributed by atoms with Crippen LogP contribution in [0.3, 0.4) is 0 Å². The van der Waals surface area contributed by atoms with Crippen molar-refractivity contribution in [2.75, 3.05) is 11.4 Å². The summed E-state index contributed by atoms with van der Waals surface area (Å²) in [5.41, 5.74) is 2.70. The van der Waals surface area contributed by atoms with Crippen LogP contribution >= 0.6 is 0 Å². The summed E-state index contributed by atoms with van der Waals surface area (Å²) in [5.74, 6) is 0.592. The fourth-order valence-corrected chi connectivity index (χ4v) is 3.22. The Bertz CT molecular complexity index is 818. The molecule has 1 fully saturated rings. The van der Waals surface area contributed by atoms with E-state index in [0.29, 0.717) is 17.7 Å². The van der Waals surface area contributed by atoms with Gasteiger partial charge in [-0.1, -0.05) is 6.92 Å². The van der Waals surface area contributed by atoms with Crippen molar-refractivity contribution in [1.29, 1.82) is 5.26 Å². The van der Waals surface area contributed by atoms with Crippen molar-refractivity contribution in [3.63, 3.8) is 0 Å². The van der Waals surface area contributed by atoms with Gasteiger partial charge in [-0.2, -0.15) is 5.26 Å². The molecule has 2 aromatic heterocycles. The van der Waals surface area contributed by atoms with Gasteiger partial charge < -0.3 is 9.47 Å². The Labute approximate surface area is 129 Å². The first-order valence-corrected chi connectivity index (χ1v) is 7.68. The minimum absolute atomic E-state index is 0.0422. The lowest BCUT2D eigenvalue weighted by atomic mass is 9.94. The average molecular weight is 296 g/mol. The van der Waals surface area contributed by atoms with Crippen molar-refractivity contribution in [2.45, 2.75) is 32.7 Å². The molecule has 22 heavy (non-hydrogen) atoms. The van der Waals surface area contributed by atoms with Gasteiger partial charge in [-0.25, -0.2) is 4.98 Å². The SMILES string of the molecule is C[C@H]1CC[C@H](C)N(c2cc(=O)n(C)c3ccc(C#N)nc23)C1. The highest BCUT2D eigenvalue weighted by molar-refractivity contribution is 5.88. The number of nitrogens with zero attached hydrogens (tertiary/aromatic N) is 4. The van der Waals surface area contributed by atoms with E-state index in [1.54, 1.807) is 23.7 Å². The lowest BCUT2D eigenvalue weighted by Crippen LogP contribution is -2.42. The molecule has 1 aliphatic rings. The minimum Gasteiger partial charge on any atom is -0.367 e.